The van der Waals surface area contributed by atoms with Crippen molar-refractivity contribution in [3.63, 3.8) is 0 Å². The Morgan fingerprint density at radius 1 is 1.47 bits per heavy atom. The molecule has 0 amide bonds. The second kappa shape index (κ2) is 8.40. The molecule has 0 aromatic heterocycles. The molecule has 17 heavy (non-hydrogen) atoms. The van der Waals surface area contributed by atoms with Gasteiger partial charge in [-0.3, -0.25) is 0 Å². The Balaban J connectivity index is 2.47. The van der Waals surface area contributed by atoms with Crippen LogP contribution >= 0.6 is 23.2 Å². The van der Waals surface area contributed by atoms with E-state index in [9.17, 15) is 0 Å². The van der Waals surface area contributed by atoms with Crippen LogP contribution in [0, 0.1) is 0 Å². The van der Waals surface area contributed by atoms with Crippen LogP contribution in [0.1, 0.15) is 18.9 Å². The average molecular weight is 274 g/mol. The van der Waals surface area contributed by atoms with Gasteiger partial charge in [-0.2, -0.15) is 0 Å². The molecular formula is C13H17Cl2NO. The van der Waals surface area contributed by atoms with Crippen LogP contribution < -0.4 is 10.1 Å². The quantitative estimate of drug-likeness (QED) is 0.762. The van der Waals surface area contributed by atoms with E-state index in [1.807, 2.05) is 18.2 Å². The van der Waals surface area contributed by atoms with Crippen LogP contribution in [0.3, 0.4) is 0 Å². The molecule has 0 aliphatic heterocycles. The van der Waals surface area contributed by atoms with Gasteiger partial charge in [0.25, 0.3) is 0 Å². The fourth-order valence-corrected chi connectivity index (χ4v) is 1.46. The zero-order chi connectivity index (χ0) is 12.5. The van der Waals surface area contributed by atoms with Gasteiger partial charge in [0.1, 0.15) is 12.4 Å². The second-order valence-electron chi connectivity index (χ2n) is 3.67. The van der Waals surface area contributed by atoms with E-state index in [0.717, 1.165) is 25.3 Å². The molecule has 1 aromatic carbocycles. The normalized spacial score (nSPS) is 11.6. The van der Waals surface area contributed by atoms with Gasteiger partial charge in [-0.1, -0.05) is 42.3 Å². The lowest BCUT2D eigenvalue weighted by molar-refractivity contribution is 0.359. The monoisotopic (exact) mass is 273 g/mol. The van der Waals surface area contributed by atoms with Gasteiger partial charge in [-0.25, -0.2) is 0 Å². The van der Waals surface area contributed by atoms with Gasteiger partial charge in [0.15, 0.2) is 0 Å². The minimum Gasteiger partial charge on any atom is -0.488 e. The van der Waals surface area contributed by atoms with Crippen molar-refractivity contribution in [2.45, 2.75) is 19.9 Å². The lowest BCUT2D eigenvalue weighted by Gasteiger charge is -2.08. The maximum Gasteiger partial charge on any atom is 0.125 e. The molecular weight excluding hydrogens is 257 g/mol. The van der Waals surface area contributed by atoms with Crippen molar-refractivity contribution in [3.8, 4) is 5.75 Å². The van der Waals surface area contributed by atoms with E-state index in [1.54, 1.807) is 0 Å². The molecule has 0 aliphatic carbocycles. The fraction of sp³-hybridized carbons (Fsp3) is 0.385. The Bertz CT molecular complexity index is 366. The highest BCUT2D eigenvalue weighted by molar-refractivity contribution is 6.36. The summed E-state index contributed by atoms with van der Waals surface area (Å²) >= 11 is 11.2. The van der Waals surface area contributed by atoms with Crippen LogP contribution in [-0.4, -0.2) is 13.2 Å². The second-order valence-corrected chi connectivity index (χ2v) is 4.37. The lowest BCUT2D eigenvalue weighted by Crippen LogP contribution is -2.13. The summed E-state index contributed by atoms with van der Waals surface area (Å²) in [6, 6.07) is 7.94. The number of halogens is 2. The first-order valence-corrected chi connectivity index (χ1v) is 6.45. The number of benzene rings is 1. The predicted molar refractivity (Wildman–Crippen MR) is 73.7 cm³/mol. The van der Waals surface area contributed by atoms with Gasteiger partial charge in [0.05, 0.1) is 5.03 Å². The molecule has 94 valence electrons. The van der Waals surface area contributed by atoms with E-state index >= 15 is 0 Å². The zero-order valence-corrected chi connectivity index (χ0v) is 11.4. The van der Waals surface area contributed by atoms with E-state index in [1.165, 1.54) is 11.1 Å². The smallest absolute Gasteiger partial charge is 0.125 e. The molecule has 1 rings (SSSR count). The van der Waals surface area contributed by atoms with E-state index in [0.29, 0.717) is 11.6 Å². The van der Waals surface area contributed by atoms with E-state index in [4.69, 9.17) is 27.9 Å². The van der Waals surface area contributed by atoms with Crippen molar-refractivity contribution in [1.29, 1.82) is 0 Å². The summed E-state index contributed by atoms with van der Waals surface area (Å²) in [5, 5.41) is 3.83. The summed E-state index contributed by atoms with van der Waals surface area (Å²) < 4.78 is 5.49. The highest BCUT2D eigenvalue weighted by atomic mass is 35.5. The molecule has 1 aromatic rings. The molecule has 0 heterocycles. The van der Waals surface area contributed by atoms with Crippen molar-refractivity contribution in [2.75, 3.05) is 13.2 Å². The first-order chi connectivity index (χ1) is 8.26. The first kappa shape index (κ1) is 14.4. The molecule has 4 heteroatoms. The van der Waals surface area contributed by atoms with Crippen LogP contribution in [0.4, 0.5) is 0 Å². The van der Waals surface area contributed by atoms with Crippen molar-refractivity contribution >= 4 is 23.2 Å². The van der Waals surface area contributed by atoms with Gasteiger partial charge in [0.2, 0.25) is 0 Å². The Morgan fingerprint density at radius 3 is 3.00 bits per heavy atom. The number of hydrogen-bond donors (Lipinski definition) is 1. The largest absolute Gasteiger partial charge is 0.488 e. The van der Waals surface area contributed by atoms with Crippen LogP contribution in [0.25, 0.3) is 0 Å². The molecule has 0 atom stereocenters. The van der Waals surface area contributed by atoms with Gasteiger partial charge in [0, 0.05) is 12.1 Å². The average Bonchev–Trinajstić information content (AvgIpc) is 2.37. The minimum atomic E-state index is 0.302. The van der Waals surface area contributed by atoms with Gasteiger partial charge in [-0.15, -0.1) is 0 Å². The van der Waals surface area contributed by atoms with Crippen LogP contribution in [0.2, 0.25) is 0 Å². The molecule has 0 fully saturated rings. The number of rotatable bonds is 7. The Hall–Kier alpha value is -0.700. The topological polar surface area (TPSA) is 21.3 Å². The van der Waals surface area contributed by atoms with Gasteiger partial charge in [-0.05, 0) is 30.7 Å². The Kier molecular flexibility index (Phi) is 7.10. The molecule has 2 nitrogen and oxygen atoms in total. The third-order valence-electron chi connectivity index (χ3n) is 2.15. The standard InChI is InChI=1S/C13H17Cl2NO/c1-2-6-16-9-11-4-3-5-13(7-11)17-10-12(15)8-14/h3-5,7-8,16H,2,6,9-10H2,1H3. The van der Waals surface area contributed by atoms with Crippen LogP contribution in [0.15, 0.2) is 34.8 Å². The molecule has 0 saturated heterocycles. The molecule has 0 bridgehead atoms. The van der Waals surface area contributed by atoms with Crippen LogP contribution in [-0.2, 0) is 6.54 Å². The summed E-state index contributed by atoms with van der Waals surface area (Å²) in [6.07, 6.45) is 1.13. The zero-order valence-electron chi connectivity index (χ0n) is 9.88. The molecule has 0 aliphatic rings. The van der Waals surface area contributed by atoms with Gasteiger partial charge < -0.3 is 10.1 Å². The number of ether oxygens (including phenoxy) is 1. The number of nitrogens with one attached hydrogen (secondary N) is 1. The molecule has 1 N–H and O–H groups in total. The van der Waals surface area contributed by atoms with Crippen molar-refractivity contribution < 1.29 is 4.74 Å². The van der Waals surface area contributed by atoms with Crippen molar-refractivity contribution in [3.05, 3.63) is 40.4 Å². The third kappa shape index (κ3) is 5.97. The van der Waals surface area contributed by atoms with Crippen LogP contribution in [0.5, 0.6) is 5.75 Å². The Morgan fingerprint density at radius 2 is 2.29 bits per heavy atom. The van der Waals surface area contributed by atoms with E-state index in [-0.39, 0.29) is 0 Å². The molecule has 0 unspecified atom stereocenters. The van der Waals surface area contributed by atoms with Gasteiger partial charge >= 0.3 is 0 Å². The summed E-state index contributed by atoms with van der Waals surface area (Å²) in [5.74, 6) is 0.803. The molecule has 0 radical (unpaired) electrons. The maximum atomic E-state index is 5.75. The highest BCUT2D eigenvalue weighted by Crippen LogP contribution is 2.15. The number of hydrogen-bond acceptors (Lipinski definition) is 2. The fourth-order valence-electron chi connectivity index (χ4n) is 1.34. The minimum absolute atomic E-state index is 0.302. The summed E-state index contributed by atoms with van der Waals surface area (Å²) in [4.78, 5) is 0. The SMILES string of the molecule is CCCNCc1cccc(OCC(Cl)=CCl)c1. The molecule has 0 spiro atoms. The molecule has 0 saturated carbocycles. The van der Waals surface area contributed by atoms with Crippen molar-refractivity contribution in [1.82, 2.24) is 5.32 Å². The van der Waals surface area contributed by atoms with E-state index < -0.39 is 0 Å². The summed E-state index contributed by atoms with van der Waals surface area (Å²) in [5.41, 5.74) is 2.51. The predicted octanol–water partition coefficient (Wildman–Crippen LogP) is 3.88. The maximum absolute atomic E-state index is 5.75. The lowest BCUT2D eigenvalue weighted by atomic mass is 10.2. The third-order valence-corrected chi connectivity index (χ3v) is 2.74. The summed E-state index contributed by atoms with van der Waals surface area (Å²) in [6.45, 7) is 4.32. The highest BCUT2D eigenvalue weighted by Gasteiger charge is 1.98. The van der Waals surface area contributed by atoms with E-state index in [2.05, 4.69) is 18.3 Å². The summed E-state index contributed by atoms with van der Waals surface area (Å²) in [7, 11) is 0. The Labute approximate surface area is 113 Å². The van der Waals surface area contributed by atoms with Crippen molar-refractivity contribution in [2.24, 2.45) is 0 Å². The first-order valence-electron chi connectivity index (χ1n) is 5.63.